The van der Waals surface area contributed by atoms with Crippen molar-refractivity contribution in [2.45, 2.75) is 38.2 Å². The first-order valence-corrected chi connectivity index (χ1v) is 2.93. The Labute approximate surface area is 94.8 Å². The Morgan fingerprint density at radius 2 is 1.75 bits per heavy atom. The van der Waals surface area contributed by atoms with Crippen molar-refractivity contribution < 1.29 is 57.9 Å². The van der Waals surface area contributed by atoms with Crippen LogP contribution in [0.2, 0.25) is 0 Å². The van der Waals surface area contributed by atoms with Gasteiger partial charge in [-0.05, 0) is 19.8 Å². The first-order chi connectivity index (χ1) is 3.21. The van der Waals surface area contributed by atoms with Gasteiger partial charge in [0.25, 0.3) is 0 Å². The summed E-state index contributed by atoms with van der Waals surface area (Å²) in [7, 11) is 0. The zero-order valence-corrected chi connectivity index (χ0v) is 8.90. The van der Waals surface area contributed by atoms with Gasteiger partial charge in [0.05, 0.1) is 5.60 Å². The average molecular weight is 140 g/mol. The second-order valence-electron chi connectivity index (χ2n) is 2.70. The van der Waals surface area contributed by atoms with Crippen molar-refractivity contribution in [3.05, 3.63) is 0 Å². The molecular weight excluding hydrogens is 127 g/mol. The summed E-state index contributed by atoms with van der Waals surface area (Å²) in [6, 6.07) is 0. The summed E-state index contributed by atoms with van der Waals surface area (Å²) in [5, 5.41) is 9.19. The SMILES string of the molecule is CC1(O)CCCC1.[H-].[K+]. The molecule has 0 amide bonds. The Kier molecular flexibility index (Phi) is 4.42. The van der Waals surface area contributed by atoms with E-state index in [1.807, 2.05) is 6.92 Å². The average Bonchev–Trinajstić information content (AvgIpc) is 1.84. The summed E-state index contributed by atoms with van der Waals surface area (Å²) in [6.07, 6.45) is 4.44. The van der Waals surface area contributed by atoms with Gasteiger partial charge in [0.15, 0.2) is 0 Å². The molecule has 0 bridgehead atoms. The Morgan fingerprint density at radius 3 is 1.88 bits per heavy atom. The molecule has 0 aliphatic heterocycles. The van der Waals surface area contributed by atoms with E-state index in [4.69, 9.17) is 0 Å². The van der Waals surface area contributed by atoms with E-state index in [2.05, 4.69) is 0 Å². The van der Waals surface area contributed by atoms with Crippen LogP contribution in [0.5, 0.6) is 0 Å². The second kappa shape index (κ2) is 3.69. The molecule has 0 aromatic carbocycles. The predicted molar refractivity (Wildman–Crippen MR) is 30.2 cm³/mol. The van der Waals surface area contributed by atoms with Crippen molar-refractivity contribution in [3.8, 4) is 0 Å². The molecular formula is C6H13KO. The van der Waals surface area contributed by atoms with Crippen molar-refractivity contribution in [1.82, 2.24) is 0 Å². The maximum absolute atomic E-state index is 9.19. The molecule has 0 heterocycles. The van der Waals surface area contributed by atoms with E-state index < -0.39 is 0 Å². The van der Waals surface area contributed by atoms with E-state index in [1.54, 1.807) is 0 Å². The monoisotopic (exact) mass is 140 g/mol. The molecule has 0 radical (unpaired) electrons. The van der Waals surface area contributed by atoms with Crippen LogP contribution in [-0.4, -0.2) is 10.7 Å². The van der Waals surface area contributed by atoms with Crippen molar-refractivity contribution in [2.24, 2.45) is 0 Å². The van der Waals surface area contributed by atoms with Crippen LogP contribution >= 0.6 is 0 Å². The Balaban J connectivity index is 0. The van der Waals surface area contributed by atoms with Crippen molar-refractivity contribution >= 4 is 0 Å². The number of hydrogen-bond acceptors (Lipinski definition) is 1. The standard InChI is InChI=1S/C6H12O.K.H/c1-6(7)4-2-3-5-6;;/h7H,2-5H2,1H3;;/q;+1;-1. The number of rotatable bonds is 0. The summed E-state index contributed by atoms with van der Waals surface area (Å²) in [6.45, 7) is 1.92. The quantitative estimate of drug-likeness (QED) is 0.403. The van der Waals surface area contributed by atoms with Crippen LogP contribution < -0.4 is 51.4 Å². The summed E-state index contributed by atoms with van der Waals surface area (Å²) >= 11 is 0. The molecule has 0 atom stereocenters. The minimum absolute atomic E-state index is 0. The van der Waals surface area contributed by atoms with Gasteiger partial charge in [-0.15, -0.1) is 0 Å². The summed E-state index contributed by atoms with van der Waals surface area (Å²) in [4.78, 5) is 0. The molecule has 2 heteroatoms. The van der Waals surface area contributed by atoms with Crippen molar-refractivity contribution in [3.63, 3.8) is 0 Å². The molecule has 0 saturated heterocycles. The van der Waals surface area contributed by atoms with Crippen molar-refractivity contribution in [2.75, 3.05) is 0 Å². The van der Waals surface area contributed by atoms with Crippen LogP contribution in [0.3, 0.4) is 0 Å². The van der Waals surface area contributed by atoms with Crippen LogP contribution in [-0.2, 0) is 0 Å². The molecule has 0 spiro atoms. The first-order valence-electron chi connectivity index (χ1n) is 2.93. The van der Waals surface area contributed by atoms with E-state index in [1.165, 1.54) is 12.8 Å². The Hall–Kier alpha value is 1.60. The van der Waals surface area contributed by atoms with Gasteiger partial charge >= 0.3 is 51.4 Å². The maximum atomic E-state index is 9.19. The summed E-state index contributed by atoms with van der Waals surface area (Å²) in [5.74, 6) is 0. The van der Waals surface area contributed by atoms with Gasteiger partial charge in [0.1, 0.15) is 0 Å². The van der Waals surface area contributed by atoms with Crippen LogP contribution in [0.25, 0.3) is 0 Å². The van der Waals surface area contributed by atoms with Crippen LogP contribution in [0.15, 0.2) is 0 Å². The molecule has 44 valence electrons. The minimum Gasteiger partial charge on any atom is -1.00 e. The Morgan fingerprint density at radius 1 is 1.38 bits per heavy atom. The molecule has 1 rings (SSSR count). The zero-order chi connectivity index (χ0) is 5.33. The fraction of sp³-hybridized carbons (Fsp3) is 1.00. The molecule has 1 fully saturated rings. The van der Waals surface area contributed by atoms with Crippen LogP contribution in [0.4, 0.5) is 0 Å². The fourth-order valence-electron chi connectivity index (χ4n) is 1.14. The third-order valence-electron chi connectivity index (χ3n) is 1.68. The van der Waals surface area contributed by atoms with E-state index in [0.29, 0.717) is 0 Å². The molecule has 0 aromatic heterocycles. The third kappa shape index (κ3) is 2.94. The summed E-state index contributed by atoms with van der Waals surface area (Å²) in [5.41, 5.74) is -0.306. The zero-order valence-electron chi connectivity index (χ0n) is 6.78. The molecule has 8 heavy (non-hydrogen) atoms. The molecule has 0 aromatic rings. The number of hydrogen-bond donors (Lipinski definition) is 1. The van der Waals surface area contributed by atoms with Crippen molar-refractivity contribution in [1.29, 1.82) is 0 Å². The topological polar surface area (TPSA) is 20.2 Å². The fourth-order valence-corrected chi connectivity index (χ4v) is 1.14. The van der Waals surface area contributed by atoms with E-state index in [-0.39, 0.29) is 58.4 Å². The first kappa shape index (κ1) is 9.60. The minimum atomic E-state index is -0.306. The van der Waals surface area contributed by atoms with E-state index in [9.17, 15) is 5.11 Å². The molecule has 1 aliphatic carbocycles. The molecule has 1 nitrogen and oxygen atoms in total. The molecule has 0 unspecified atom stereocenters. The molecule has 1 saturated carbocycles. The second-order valence-corrected chi connectivity index (χ2v) is 2.70. The largest absolute Gasteiger partial charge is 1.00 e. The molecule has 1 aliphatic rings. The maximum Gasteiger partial charge on any atom is 1.00 e. The van der Waals surface area contributed by atoms with Gasteiger partial charge in [-0.2, -0.15) is 0 Å². The van der Waals surface area contributed by atoms with Gasteiger partial charge in [-0.25, -0.2) is 0 Å². The van der Waals surface area contributed by atoms with Crippen LogP contribution in [0.1, 0.15) is 34.0 Å². The van der Waals surface area contributed by atoms with Gasteiger partial charge in [0, 0.05) is 0 Å². The van der Waals surface area contributed by atoms with E-state index >= 15 is 0 Å². The normalized spacial score (nSPS) is 24.8. The summed E-state index contributed by atoms with van der Waals surface area (Å²) < 4.78 is 0. The van der Waals surface area contributed by atoms with Gasteiger partial charge in [-0.3, -0.25) is 0 Å². The van der Waals surface area contributed by atoms with Gasteiger partial charge in [-0.1, -0.05) is 12.8 Å². The third-order valence-corrected chi connectivity index (χ3v) is 1.68. The van der Waals surface area contributed by atoms with Gasteiger partial charge < -0.3 is 6.53 Å². The number of aliphatic hydroxyl groups is 1. The van der Waals surface area contributed by atoms with Gasteiger partial charge in [0.2, 0.25) is 0 Å². The van der Waals surface area contributed by atoms with Crippen LogP contribution in [0, 0.1) is 0 Å². The molecule has 1 N–H and O–H groups in total. The van der Waals surface area contributed by atoms with E-state index in [0.717, 1.165) is 12.8 Å². The Bertz CT molecular complexity index is 67.5. The smallest absolute Gasteiger partial charge is 1.00 e. The predicted octanol–water partition coefficient (Wildman–Crippen LogP) is -1.57.